The monoisotopic (exact) mass is 421 g/mol. The Hall–Kier alpha value is -3.16. The molecule has 1 saturated carbocycles. The van der Waals surface area contributed by atoms with E-state index < -0.39 is 11.6 Å². The molecule has 2 N–H and O–H groups in total. The second-order valence-corrected chi connectivity index (χ2v) is 8.77. The highest BCUT2D eigenvalue weighted by Crippen LogP contribution is 2.33. The molecule has 2 fully saturated rings. The molecule has 2 aromatic rings. The Bertz CT molecular complexity index is 1020. The summed E-state index contributed by atoms with van der Waals surface area (Å²) in [5, 5.41) is 5.63. The number of imide groups is 1. The molecule has 0 radical (unpaired) electrons. The zero-order valence-corrected chi connectivity index (χ0v) is 17.5. The van der Waals surface area contributed by atoms with E-state index in [1.807, 2.05) is 30.5 Å². The number of aromatic nitrogens is 2. The third-order valence-corrected chi connectivity index (χ3v) is 6.68. The zero-order valence-electron chi connectivity index (χ0n) is 17.5. The van der Waals surface area contributed by atoms with Gasteiger partial charge in [-0.15, -0.1) is 0 Å². The van der Waals surface area contributed by atoms with E-state index in [-0.39, 0.29) is 18.4 Å². The van der Waals surface area contributed by atoms with Gasteiger partial charge in [0.1, 0.15) is 17.9 Å². The topological polar surface area (TPSA) is 96.3 Å². The van der Waals surface area contributed by atoms with Gasteiger partial charge in [-0.3, -0.25) is 14.5 Å². The van der Waals surface area contributed by atoms with Gasteiger partial charge in [-0.1, -0.05) is 19.3 Å². The highest BCUT2D eigenvalue weighted by Gasteiger charge is 2.51. The fourth-order valence-corrected chi connectivity index (χ4v) is 5.03. The Morgan fingerprint density at radius 2 is 1.84 bits per heavy atom. The van der Waals surface area contributed by atoms with Crippen molar-refractivity contribution in [3.63, 3.8) is 0 Å². The van der Waals surface area contributed by atoms with Gasteiger partial charge in [0.05, 0.1) is 0 Å². The van der Waals surface area contributed by atoms with E-state index in [2.05, 4.69) is 20.2 Å². The molecule has 8 nitrogen and oxygen atoms in total. The van der Waals surface area contributed by atoms with Gasteiger partial charge in [-0.2, -0.15) is 0 Å². The van der Waals surface area contributed by atoms with Crippen molar-refractivity contribution < 1.29 is 14.4 Å². The standard InChI is InChI=1S/C23H27N5O3/c29-19(15-28-21(30)23(26-22(28)31)11-3-1-4-12-23)25-17-9-7-16(8-10-17)20-24-14-18-6-2-5-13-27(18)20/h7-10,14H,1-6,11-13,15H2,(H,25,29)(H,26,31). The number of nitrogens with zero attached hydrogens (tertiary/aromatic N) is 3. The van der Waals surface area contributed by atoms with E-state index in [0.717, 1.165) is 54.9 Å². The first-order valence-corrected chi connectivity index (χ1v) is 11.1. The first-order valence-electron chi connectivity index (χ1n) is 11.1. The number of benzene rings is 1. The van der Waals surface area contributed by atoms with Crippen molar-refractivity contribution >= 4 is 23.5 Å². The summed E-state index contributed by atoms with van der Waals surface area (Å²) in [6, 6.07) is 7.05. The number of nitrogens with one attached hydrogen (secondary N) is 2. The van der Waals surface area contributed by atoms with Crippen molar-refractivity contribution in [3.05, 3.63) is 36.2 Å². The van der Waals surface area contributed by atoms with Gasteiger partial charge < -0.3 is 15.2 Å². The first-order chi connectivity index (χ1) is 15.1. The number of aryl methyl sites for hydroxylation is 1. The van der Waals surface area contributed by atoms with Crippen LogP contribution in [0.25, 0.3) is 11.4 Å². The molecule has 5 rings (SSSR count). The van der Waals surface area contributed by atoms with Crippen molar-refractivity contribution in [2.24, 2.45) is 0 Å². The molecule has 1 saturated heterocycles. The molecule has 0 atom stereocenters. The lowest BCUT2D eigenvalue weighted by Crippen LogP contribution is -2.48. The van der Waals surface area contributed by atoms with Crippen molar-refractivity contribution in [1.82, 2.24) is 19.8 Å². The molecule has 1 spiro atoms. The average Bonchev–Trinajstić information content (AvgIpc) is 3.30. The molecular weight excluding hydrogens is 394 g/mol. The van der Waals surface area contributed by atoms with Crippen LogP contribution in [0, 0.1) is 0 Å². The van der Waals surface area contributed by atoms with E-state index in [1.165, 1.54) is 12.1 Å². The molecule has 8 heteroatoms. The van der Waals surface area contributed by atoms with Gasteiger partial charge >= 0.3 is 6.03 Å². The third-order valence-electron chi connectivity index (χ3n) is 6.68. The maximum absolute atomic E-state index is 12.8. The Balaban J connectivity index is 1.23. The maximum Gasteiger partial charge on any atom is 0.325 e. The predicted octanol–water partition coefficient (Wildman–Crippen LogP) is 3.08. The van der Waals surface area contributed by atoms with Gasteiger partial charge in [0, 0.05) is 29.7 Å². The molecule has 162 valence electrons. The Morgan fingerprint density at radius 3 is 2.61 bits per heavy atom. The number of carbonyl (C=O) groups excluding carboxylic acids is 3. The van der Waals surface area contributed by atoms with Gasteiger partial charge in [0.2, 0.25) is 5.91 Å². The predicted molar refractivity (Wildman–Crippen MR) is 115 cm³/mol. The second-order valence-electron chi connectivity index (χ2n) is 8.77. The van der Waals surface area contributed by atoms with E-state index >= 15 is 0 Å². The lowest BCUT2D eigenvalue weighted by atomic mass is 9.82. The second kappa shape index (κ2) is 7.83. The highest BCUT2D eigenvalue weighted by atomic mass is 16.2. The molecule has 31 heavy (non-hydrogen) atoms. The number of carbonyl (C=O) groups is 3. The number of hydrogen-bond donors (Lipinski definition) is 2. The number of imidazole rings is 1. The van der Waals surface area contributed by atoms with Crippen molar-refractivity contribution in [2.75, 3.05) is 11.9 Å². The van der Waals surface area contributed by atoms with Gasteiger partial charge in [-0.25, -0.2) is 9.78 Å². The largest absolute Gasteiger partial charge is 0.328 e. The molecule has 4 amide bonds. The van der Waals surface area contributed by atoms with Crippen LogP contribution < -0.4 is 10.6 Å². The van der Waals surface area contributed by atoms with Crippen LogP contribution in [0.1, 0.15) is 50.6 Å². The highest BCUT2D eigenvalue weighted by molar-refractivity contribution is 6.10. The minimum absolute atomic E-state index is 0.272. The van der Waals surface area contributed by atoms with Gasteiger partial charge in [-0.05, 0) is 56.4 Å². The lowest BCUT2D eigenvalue weighted by Gasteiger charge is -2.30. The minimum atomic E-state index is -0.805. The summed E-state index contributed by atoms with van der Waals surface area (Å²) in [7, 11) is 0. The third kappa shape index (κ3) is 3.60. The number of anilines is 1. The minimum Gasteiger partial charge on any atom is -0.328 e. The van der Waals surface area contributed by atoms with Crippen LogP contribution in [0.5, 0.6) is 0 Å². The summed E-state index contributed by atoms with van der Waals surface area (Å²) < 4.78 is 2.26. The van der Waals surface area contributed by atoms with E-state index in [9.17, 15) is 14.4 Å². The quantitative estimate of drug-likeness (QED) is 0.742. The summed E-state index contributed by atoms with van der Waals surface area (Å²) in [5.41, 5.74) is 2.08. The first kappa shape index (κ1) is 19.8. The van der Waals surface area contributed by atoms with Crippen LogP contribution in [-0.2, 0) is 22.6 Å². The van der Waals surface area contributed by atoms with Crippen LogP contribution >= 0.6 is 0 Å². The summed E-state index contributed by atoms with van der Waals surface area (Å²) in [5.74, 6) is 0.291. The van der Waals surface area contributed by atoms with Crippen LogP contribution in [-0.4, -0.2) is 44.4 Å². The van der Waals surface area contributed by atoms with E-state index in [0.29, 0.717) is 18.5 Å². The Morgan fingerprint density at radius 1 is 1.06 bits per heavy atom. The molecule has 0 bridgehead atoms. The smallest absolute Gasteiger partial charge is 0.325 e. The molecule has 1 aromatic heterocycles. The Kier molecular flexibility index (Phi) is 5.00. The number of amides is 4. The summed E-state index contributed by atoms with van der Waals surface area (Å²) in [6.07, 6.45) is 9.57. The lowest BCUT2D eigenvalue weighted by molar-refractivity contribution is -0.134. The van der Waals surface area contributed by atoms with Crippen LogP contribution in [0.2, 0.25) is 0 Å². The number of urea groups is 1. The molecule has 3 aliphatic rings. The fraction of sp³-hybridized carbons (Fsp3) is 0.478. The summed E-state index contributed by atoms with van der Waals surface area (Å²) in [4.78, 5) is 43.3. The Labute approximate surface area is 181 Å². The SMILES string of the molecule is O=C(CN1C(=O)NC2(CCCCC2)C1=O)Nc1ccc(-c2ncc3n2CCCC3)cc1. The molecule has 1 aromatic carbocycles. The van der Waals surface area contributed by atoms with Gasteiger partial charge in [0.25, 0.3) is 5.91 Å². The molecule has 1 aliphatic carbocycles. The summed E-state index contributed by atoms with van der Waals surface area (Å²) in [6.45, 7) is 0.707. The summed E-state index contributed by atoms with van der Waals surface area (Å²) >= 11 is 0. The van der Waals surface area contributed by atoms with E-state index in [4.69, 9.17) is 0 Å². The van der Waals surface area contributed by atoms with Gasteiger partial charge in [0.15, 0.2) is 0 Å². The van der Waals surface area contributed by atoms with Crippen molar-refractivity contribution in [2.45, 2.75) is 63.5 Å². The molecular formula is C23H27N5O3. The van der Waals surface area contributed by atoms with Crippen LogP contribution in [0.15, 0.2) is 30.5 Å². The molecule has 0 unspecified atom stereocenters. The average molecular weight is 422 g/mol. The fourth-order valence-electron chi connectivity index (χ4n) is 5.03. The van der Waals surface area contributed by atoms with Crippen molar-refractivity contribution in [3.8, 4) is 11.4 Å². The normalized spacial score (nSPS) is 19.9. The molecule has 2 aliphatic heterocycles. The van der Waals surface area contributed by atoms with E-state index in [1.54, 1.807) is 0 Å². The zero-order chi connectivity index (χ0) is 21.4. The molecule has 3 heterocycles. The van der Waals surface area contributed by atoms with Crippen molar-refractivity contribution in [1.29, 1.82) is 0 Å². The number of fused-ring (bicyclic) bond motifs is 1. The number of hydrogen-bond acceptors (Lipinski definition) is 4. The maximum atomic E-state index is 12.8. The van der Waals surface area contributed by atoms with Crippen LogP contribution in [0.4, 0.5) is 10.5 Å². The number of rotatable bonds is 4. The van der Waals surface area contributed by atoms with Crippen LogP contribution in [0.3, 0.4) is 0 Å².